The van der Waals surface area contributed by atoms with E-state index in [1.807, 2.05) is 43.6 Å². The molecule has 0 saturated carbocycles. The number of hydrogen-bond donors (Lipinski definition) is 1. The number of hydrogen-bond acceptors (Lipinski definition) is 4. The Morgan fingerprint density at radius 3 is 2.71 bits per heavy atom. The van der Waals surface area contributed by atoms with Crippen molar-refractivity contribution >= 4 is 11.5 Å². The van der Waals surface area contributed by atoms with Crippen LogP contribution in [-0.4, -0.2) is 23.6 Å². The minimum Gasteiger partial charge on any atom is -0.384 e. The minimum atomic E-state index is 0.548. The summed E-state index contributed by atoms with van der Waals surface area (Å²) in [4.78, 5) is 10.5. The van der Waals surface area contributed by atoms with Crippen LogP contribution >= 0.6 is 0 Å². The fraction of sp³-hybridized carbons (Fsp3) is 0.231. The molecule has 2 rings (SSSR count). The van der Waals surface area contributed by atoms with Gasteiger partial charge in [-0.15, -0.1) is 0 Å². The highest BCUT2D eigenvalue weighted by Crippen LogP contribution is 2.12. The van der Waals surface area contributed by atoms with Crippen LogP contribution in [-0.2, 0) is 6.42 Å². The second-order valence-corrected chi connectivity index (χ2v) is 3.93. The number of nitrogen functional groups attached to an aromatic ring is 1. The molecular weight excluding hydrogens is 212 g/mol. The molecule has 0 saturated heterocycles. The summed E-state index contributed by atoms with van der Waals surface area (Å²) in [6.45, 7) is 0.905. The number of likely N-dealkylation sites (N-methyl/N-ethyl adjacent to an activating group) is 1. The standard InChI is InChI=1S/C13H16N4/c1-17(12-5-6-13(14)16-10-12)9-7-11-4-2-3-8-15-11/h2-6,8,10H,7,9H2,1H3,(H2,14,16). The molecule has 88 valence electrons. The third-order valence-electron chi connectivity index (χ3n) is 2.64. The molecule has 0 bridgehead atoms. The predicted octanol–water partition coefficient (Wildman–Crippen LogP) is 1.74. The Kier molecular flexibility index (Phi) is 3.55. The lowest BCUT2D eigenvalue weighted by Gasteiger charge is -2.18. The van der Waals surface area contributed by atoms with E-state index in [2.05, 4.69) is 14.9 Å². The molecule has 0 aromatic carbocycles. The zero-order valence-corrected chi connectivity index (χ0v) is 9.87. The van der Waals surface area contributed by atoms with Crippen molar-refractivity contribution in [2.45, 2.75) is 6.42 Å². The van der Waals surface area contributed by atoms with E-state index in [-0.39, 0.29) is 0 Å². The Morgan fingerprint density at radius 2 is 2.06 bits per heavy atom. The molecule has 0 spiro atoms. The van der Waals surface area contributed by atoms with Crippen molar-refractivity contribution in [3.8, 4) is 0 Å². The first-order valence-corrected chi connectivity index (χ1v) is 5.58. The van der Waals surface area contributed by atoms with E-state index in [1.54, 1.807) is 6.20 Å². The molecular formula is C13H16N4. The summed E-state index contributed by atoms with van der Waals surface area (Å²) in [6.07, 6.45) is 4.52. The maximum Gasteiger partial charge on any atom is 0.123 e. The lowest BCUT2D eigenvalue weighted by Crippen LogP contribution is -2.20. The maximum absolute atomic E-state index is 5.55. The monoisotopic (exact) mass is 228 g/mol. The summed E-state index contributed by atoms with van der Waals surface area (Å²) in [7, 11) is 2.04. The molecule has 0 aliphatic heterocycles. The van der Waals surface area contributed by atoms with Gasteiger partial charge in [-0.1, -0.05) is 6.07 Å². The van der Waals surface area contributed by atoms with Crippen molar-refractivity contribution in [1.29, 1.82) is 0 Å². The lowest BCUT2D eigenvalue weighted by molar-refractivity contribution is 0.850. The molecule has 17 heavy (non-hydrogen) atoms. The second-order valence-electron chi connectivity index (χ2n) is 3.93. The van der Waals surface area contributed by atoms with Crippen molar-refractivity contribution in [3.63, 3.8) is 0 Å². The van der Waals surface area contributed by atoms with Gasteiger partial charge in [0.1, 0.15) is 5.82 Å². The Labute approximate surface area is 101 Å². The van der Waals surface area contributed by atoms with Crippen molar-refractivity contribution in [3.05, 3.63) is 48.4 Å². The largest absolute Gasteiger partial charge is 0.384 e. The van der Waals surface area contributed by atoms with E-state index in [0.717, 1.165) is 24.3 Å². The zero-order chi connectivity index (χ0) is 12.1. The number of nitrogens with two attached hydrogens (primary N) is 1. The van der Waals surface area contributed by atoms with Gasteiger partial charge in [0.05, 0.1) is 11.9 Å². The number of rotatable bonds is 4. The van der Waals surface area contributed by atoms with Gasteiger partial charge >= 0.3 is 0 Å². The van der Waals surface area contributed by atoms with Crippen molar-refractivity contribution < 1.29 is 0 Å². The van der Waals surface area contributed by atoms with Gasteiger partial charge in [-0.2, -0.15) is 0 Å². The van der Waals surface area contributed by atoms with Gasteiger partial charge in [-0.25, -0.2) is 4.98 Å². The summed E-state index contributed by atoms with van der Waals surface area (Å²) in [5.41, 5.74) is 7.72. The maximum atomic E-state index is 5.55. The van der Waals surface area contributed by atoms with E-state index >= 15 is 0 Å². The van der Waals surface area contributed by atoms with E-state index in [1.165, 1.54) is 0 Å². The van der Waals surface area contributed by atoms with Gasteiger partial charge in [-0.05, 0) is 24.3 Å². The average Bonchev–Trinajstić information content (AvgIpc) is 2.38. The predicted molar refractivity (Wildman–Crippen MR) is 69.9 cm³/mol. The molecule has 4 heteroatoms. The molecule has 4 nitrogen and oxygen atoms in total. The average molecular weight is 228 g/mol. The first-order chi connectivity index (χ1) is 8.25. The first-order valence-electron chi connectivity index (χ1n) is 5.58. The number of pyridine rings is 2. The summed E-state index contributed by atoms with van der Waals surface area (Å²) >= 11 is 0. The number of aromatic nitrogens is 2. The molecule has 0 aliphatic carbocycles. The molecule has 0 radical (unpaired) electrons. The summed E-state index contributed by atoms with van der Waals surface area (Å²) in [5.74, 6) is 0.548. The smallest absolute Gasteiger partial charge is 0.123 e. The molecule has 0 fully saturated rings. The molecule has 2 aromatic heterocycles. The van der Waals surface area contributed by atoms with Crippen LogP contribution in [0.15, 0.2) is 42.7 Å². The summed E-state index contributed by atoms with van der Waals surface area (Å²) in [5, 5.41) is 0. The number of anilines is 2. The van der Waals surface area contributed by atoms with E-state index < -0.39 is 0 Å². The van der Waals surface area contributed by atoms with Crippen molar-refractivity contribution in [1.82, 2.24) is 9.97 Å². The molecule has 2 N–H and O–H groups in total. The van der Waals surface area contributed by atoms with Gasteiger partial charge in [0.2, 0.25) is 0 Å². The van der Waals surface area contributed by atoms with Crippen LogP contribution in [0.5, 0.6) is 0 Å². The Hall–Kier alpha value is -2.10. The second kappa shape index (κ2) is 5.30. The third-order valence-corrected chi connectivity index (χ3v) is 2.64. The molecule has 2 heterocycles. The highest BCUT2D eigenvalue weighted by molar-refractivity contribution is 5.47. The van der Waals surface area contributed by atoms with E-state index in [0.29, 0.717) is 5.82 Å². The Bertz CT molecular complexity index is 453. The number of nitrogens with zero attached hydrogens (tertiary/aromatic N) is 3. The molecule has 0 atom stereocenters. The molecule has 2 aromatic rings. The van der Waals surface area contributed by atoms with Crippen molar-refractivity contribution in [2.75, 3.05) is 24.2 Å². The molecule has 0 unspecified atom stereocenters. The zero-order valence-electron chi connectivity index (χ0n) is 9.87. The van der Waals surface area contributed by atoms with Crippen LogP contribution in [0, 0.1) is 0 Å². The van der Waals surface area contributed by atoms with Gasteiger partial charge in [-0.3, -0.25) is 4.98 Å². The quantitative estimate of drug-likeness (QED) is 0.866. The van der Waals surface area contributed by atoms with Crippen LogP contribution in [0.25, 0.3) is 0 Å². The first kappa shape index (κ1) is 11.4. The van der Waals surface area contributed by atoms with Crippen molar-refractivity contribution in [2.24, 2.45) is 0 Å². The Balaban J connectivity index is 1.93. The van der Waals surface area contributed by atoms with Crippen LogP contribution in [0.3, 0.4) is 0 Å². The highest BCUT2D eigenvalue weighted by atomic mass is 15.1. The molecule has 0 amide bonds. The van der Waals surface area contributed by atoms with Gasteiger partial charge in [0.25, 0.3) is 0 Å². The van der Waals surface area contributed by atoms with E-state index in [4.69, 9.17) is 5.73 Å². The Morgan fingerprint density at radius 1 is 1.18 bits per heavy atom. The normalized spacial score (nSPS) is 10.2. The highest BCUT2D eigenvalue weighted by Gasteiger charge is 2.02. The van der Waals surface area contributed by atoms with E-state index in [9.17, 15) is 0 Å². The van der Waals surface area contributed by atoms with Crippen LogP contribution in [0.4, 0.5) is 11.5 Å². The third kappa shape index (κ3) is 3.17. The summed E-state index contributed by atoms with van der Waals surface area (Å²) < 4.78 is 0. The minimum absolute atomic E-state index is 0.548. The van der Waals surface area contributed by atoms with Gasteiger partial charge in [0, 0.05) is 31.9 Å². The fourth-order valence-electron chi connectivity index (χ4n) is 1.58. The SMILES string of the molecule is CN(CCc1ccccn1)c1ccc(N)nc1. The topological polar surface area (TPSA) is 55.0 Å². The lowest BCUT2D eigenvalue weighted by atomic mass is 10.2. The van der Waals surface area contributed by atoms with Crippen LogP contribution in [0.2, 0.25) is 0 Å². The fourth-order valence-corrected chi connectivity index (χ4v) is 1.58. The van der Waals surface area contributed by atoms with Gasteiger partial charge < -0.3 is 10.6 Å². The van der Waals surface area contributed by atoms with Crippen LogP contribution < -0.4 is 10.6 Å². The van der Waals surface area contributed by atoms with Crippen LogP contribution in [0.1, 0.15) is 5.69 Å². The van der Waals surface area contributed by atoms with Gasteiger partial charge in [0.15, 0.2) is 0 Å². The molecule has 0 aliphatic rings. The summed E-state index contributed by atoms with van der Waals surface area (Å²) in [6, 6.07) is 9.76.